The molecule has 0 aromatic heterocycles. The molecule has 1 fully saturated rings. The molecule has 0 bridgehead atoms. The first-order valence-corrected chi connectivity index (χ1v) is 6.84. The van der Waals surface area contributed by atoms with E-state index in [4.69, 9.17) is 4.74 Å². The van der Waals surface area contributed by atoms with Crippen molar-refractivity contribution in [3.8, 4) is 5.75 Å². The van der Waals surface area contributed by atoms with E-state index in [1.54, 1.807) is 6.07 Å². The Morgan fingerprint density at radius 3 is 2.79 bits per heavy atom. The van der Waals surface area contributed by atoms with Crippen LogP contribution in [0.15, 0.2) is 18.2 Å². The van der Waals surface area contributed by atoms with Gasteiger partial charge in [0.05, 0.1) is 12.7 Å². The Labute approximate surface area is 112 Å². The molecule has 1 saturated heterocycles. The van der Waals surface area contributed by atoms with Gasteiger partial charge in [-0.3, -0.25) is 0 Å². The Kier molecular flexibility index (Phi) is 5.14. The summed E-state index contributed by atoms with van der Waals surface area (Å²) in [7, 11) is 0. The summed E-state index contributed by atoms with van der Waals surface area (Å²) in [5, 5.41) is 0. The molecule has 106 valence electrons. The maximum Gasteiger partial charge on any atom is 0.228 e. The number of benzene rings is 1. The Hall–Kier alpha value is -1.16. The predicted octanol–water partition coefficient (Wildman–Crippen LogP) is 4.40. The Bertz CT molecular complexity index is 401. The molecule has 2 unspecified atom stereocenters. The second kappa shape index (κ2) is 6.85. The van der Waals surface area contributed by atoms with Crippen LogP contribution in [0.4, 0.5) is 8.78 Å². The number of hydrogen-bond donors (Lipinski definition) is 0. The maximum absolute atomic E-state index is 13.6. The lowest BCUT2D eigenvalue weighted by molar-refractivity contribution is -0.0196. The summed E-state index contributed by atoms with van der Waals surface area (Å²) in [5.41, 5.74) is 0.804. The largest absolute Gasteiger partial charge is 0.460 e. The highest BCUT2D eigenvalue weighted by Gasteiger charge is 2.23. The molecule has 1 aliphatic heterocycles. The van der Waals surface area contributed by atoms with Crippen molar-refractivity contribution in [2.45, 2.75) is 38.7 Å². The monoisotopic (exact) mass is 270 g/mol. The van der Waals surface area contributed by atoms with Crippen LogP contribution in [0.2, 0.25) is 0 Å². The molecule has 1 aliphatic rings. The molecule has 0 aliphatic carbocycles. The average molecular weight is 270 g/mol. The molecule has 4 heteroatoms. The molecule has 0 saturated carbocycles. The van der Waals surface area contributed by atoms with Crippen LogP contribution in [0.3, 0.4) is 0 Å². The SMILES string of the molecule is CCCC1CCC(c2ccc(OCF)c(F)c2)OC1. The van der Waals surface area contributed by atoms with Crippen molar-refractivity contribution in [2.24, 2.45) is 5.92 Å². The van der Waals surface area contributed by atoms with Crippen LogP contribution in [0, 0.1) is 11.7 Å². The Balaban J connectivity index is 1.97. The predicted molar refractivity (Wildman–Crippen MR) is 69.3 cm³/mol. The van der Waals surface area contributed by atoms with Gasteiger partial charge in [0, 0.05) is 0 Å². The van der Waals surface area contributed by atoms with E-state index in [-0.39, 0.29) is 11.9 Å². The number of halogens is 2. The molecule has 1 aromatic carbocycles. The van der Waals surface area contributed by atoms with Crippen molar-refractivity contribution in [1.82, 2.24) is 0 Å². The van der Waals surface area contributed by atoms with Crippen LogP contribution >= 0.6 is 0 Å². The summed E-state index contributed by atoms with van der Waals surface area (Å²) in [6, 6.07) is 4.60. The first-order valence-electron chi connectivity index (χ1n) is 6.84. The number of ether oxygens (including phenoxy) is 2. The standard InChI is InChI=1S/C15H20F2O2/c1-2-3-11-4-6-14(18-9-11)12-5-7-15(19-10-16)13(17)8-12/h5,7-8,11,14H,2-4,6,9-10H2,1H3. The van der Waals surface area contributed by atoms with Crippen LogP contribution in [0.25, 0.3) is 0 Å². The third-order valence-corrected chi connectivity index (χ3v) is 3.60. The van der Waals surface area contributed by atoms with E-state index in [9.17, 15) is 8.78 Å². The van der Waals surface area contributed by atoms with Crippen LogP contribution in [0.5, 0.6) is 5.75 Å². The normalized spacial score (nSPS) is 23.3. The lowest BCUT2D eigenvalue weighted by Crippen LogP contribution is -2.20. The lowest BCUT2D eigenvalue weighted by atomic mass is 9.92. The van der Waals surface area contributed by atoms with Crippen molar-refractivity contribution in [2.75, 3.05) is 13.5 Å². The first-order chi connectivity index (χ1) is 9.24. The van der Waals surface area contributed by atoms with Crippen LogP contribution < -0.4 is 4.74 Å². The van der Waals surface area contributed by atoms with Gasteiger partial charge in [-0.1, -0.05) is 19.4 Å². The summed E-state index contributed by atoms with van der Waals surface area (Å²) in [6.07, 6.45) is 4.32. The van der Waals surface area contributed by atoms with Gasteiger partial charge in [-0.25, -0.2) is 8.78 Å². The fourth-order valence-electron chi connectivity index (χ4n) is 2.60. The van der Waals surface area contributed by atoms with E-state index in [1.807, 2.05) is 0 Å². The molecular formula is C15H20F2O2. The molecular weight excluding hydrogens is 250 g/mol. The molecule has 0 spiro atoms. The molecule has 1 heterocycles. The quantitative estimate of drug-likeness (QED) is 0.789. The van der Waals surface area contributed by atoms with Gasteiger partial charge in [-0.15, -0.1) is 0 Å². The van der Waals surface area contributed by atoms with E-state index < -0.39 is 12.7 Å². The van der Waals surface area contributed by atoms with Gasteiger partial charge in [0.2, 0.25) is 6.86 Å². The number of rotatable bonds is 5. The van der Waals surface area contributed by atoms with Crippen molar-refractivity contribution >= 4 is 0 Å². The van der Waals surface area contributed by atoms with E-state index in [0.717, 1.165) is 25.0 Å². The minimum absolute atomic E-state index is 0.0501. The lowest BCUT2D eigenvalue weighted by Gasteiger charge is -2.29. The van der Waals surface area contributed by atoms with Gasteiger partial charge in [0.25, 0.3) is 0 Å². The molecule has 2 atom stereocenters. The van der Waals surface area contributed by atoms with Crippen LogP contribution in [-0.2, 0) is 4.74 Å². The zero-order chi connectivity index (χ0) is 13.7. The molecule has 0 N–H and O–H groups in total. The van der Waals surface area contributed by atoms with Crippen LogP contribution in [0.1, 0.15) is 44.3 Å². The van der Waals surface area contributed by atoms with Gasteiger partial charge in [-0.05, 0) is 42.9 Å². The van der Waals surface area contributed by atoms with E-state index in [0.29, 0.717) is 5.92 Å². The van der Waals surface area contributed by atoms with Gasteiger partial charge < -0.3 is 9.47 Å². The third-order valence-electron chi connectivity index (χ3n) is 3.60. The summed E-state index contributed by atoms with van der Waals surface area (Å²) in [6.45, 7) is 1.89. The Morgan fingerprint density at radius 1 is 1.37 bits per heavy atom. The van der Waals surface area contributed by atoms with Gasteiger partial charge in [0.15, 0.2) is 11.6 Å². The first kappa shape index (κ1) is 14.3. The van der Waals surface area contributed by atoms with Crippen molar-refractivity contribution in [3.63, 3.8) is 0 Å². The second-order valence-electron chi connectivity index (χ2n) is 5.00. The summed E-state index contributed by atoms with van der Waals surface area (Å²) in [4.78, 5) is 0. The van der Waals surface area contributed by atoms with Crippen molar-refractivity contribution < 1.29 is 18.3 Å². The van der Waals surface area contributed by atoms with Gasteiger partial charge >= 0.3 is 0 Å². The maximum atomic E-state index is 13.6. The van der Waals surface area contributed by atoms with Crippen LogP contribution in [-0.4, -0.2) is 13.5 Å². The third kappa shape index (κ3) is 3.66. The number of alkyl halides is 1. The summed E-state index contributed by atoms with van der Waals surface area (Å²) in [5.74, 6) is 0.0422. The summed E-state index contributed by atoms with van der Waals surface area (Å²) >= 11 is 0. The molecule has 2 nitrogen and oxygen atoms in total. The molecule has 19 heavy (non-hydrogen) atoms. The zero-order valence-corrected chi connectivity index (χ0v) is 11.2. The smallest absolute Gasteiger partial charge is 0.228 e. The highest BCUT2D eigenvalue weighted by molar-refractivity contribution is 5.30. The second-order valence-corrected chi connectivity index (χ2v) is 5.00. The molecule has 2 rings (SSSR count). The highest BCUT2D eigenvalue weighted by atomic mass is 19.1. The molecule has 0 amide bonds. The van der Waals surface area contributed by atoms with Gasteiger partial charge in [-0.2, -0.15) is 0 Å². The van der Waals surface area contributed by atoms with Crippen molar-refractivity contribution in [3.05, 3.63) is 29.6 Å². The summed E-state index contributed by atoms with van der Waals surface area (Å²) < 4.78 is 36.0. The fraction of sp³-hybridized carbons (Fsp3) is 0.600. The average Bonchev–Trinajstić information content (AvgIpc) is 2.43. The Morgan fingerprint density at radius 2 is 2.21 bits per heavy atom. The van der Waals surface area contributed by atoms with Crippen molar-refractivity contribution in [1.29, 1.82) is 0 Å². The fourth-order valence-corrected chi connectivity index (χ4v) is 2.60. The van der Waals surface area contributed by atoms with E-state index in [1.165, 1.54) is 25.0 Å². The topological polar surface area (TPSA) is 18.5 Å². The molecule has 0 radical (unpaired) electrons. The molecule has 1 aromatic rings. The minimum Gasteiger partial charge on any atom is -0.460 e. The zero-order valence-electron chi connectivity index (χ0n) is 11.2. The highest BCUT2D eigenvalue weighted by Crippen LogP contribution is 2.33. The van der Waals surface area contributed by atoms with Gasteiger partial charge in [0.1, 0.15) is 0 Å². The van der Waals surface area contributed by atoms with E-state index >= 15 is 0 Å². The van der Waals surface area contributed by atoms with E-state index in [2.05, 4.69) is 11.7 Å². The number of hydrogen-bond acceptors (Lipinski definition) is 2. The minimum atomic E-state index is -1.02.